The van der Waals surface area contributed by atoms with Crippen LogP contribution in [-0.2, 0) is 16.0 Å². The Hall–Kier alpha value is -4.84. The Morgan fingerprint density at radius 3 is 2.31 bits per heavy atom. The van der Waals surface area contributed by atoms with Gasteiger partial charge in [0.2, 0.25) is 17.8 Å². The van der Waals surface area contributed by atoms with E-state index in [0.717, 1.165) is 73.4 Å². The third-order valence-electron chi connectivity index (χ3n) is 12.3. The number of imide groups is 1. The Bertz CT molecular complexity index is 1950. The van der Waals surface area contributed by atoms with Crippen LogP contribution in [0.15, 0.2) is 54.9 Å². The maximum Gasteiger partial charge on any atom is 0.270 e. The molecule has 1 atom stereocenters. The van der Waals surface area contributed by atoms with Gasteiger partial charge >= 0.3 is 0 Å². The molecule has 1 aliphatic carbocycles. The minimum Gasteiger partial charge on any atom is -0.370 e. The molecule has 6 heterocycles. The van der Waals surface area contributed by atoms with E-state index in [1.54, 1.807) is 25.2 Å². The summed E-state index contributed by atoms with van der Waals surface area (Å²) in [6.07, 6.45) is 16.3. The number of nitrogens with one attached hydrogen (secondary N) is 2. The summed E-state index contributed by atoms with van der Waals surface area (Å²) in [6, 6.07) is 15.5. The molecular formula is C42H53N9O3. The second-order valence-corrected chi connectivity index (χ2v) is 16.0. The number of likely N-dealkylation sites (tertiary alicyclic amines) is 1. The van der Waals surface area contributed by atoms with E-state index in [0.29, 0.717) is 36.3 Å². The number of carbonyl (C=O) groups is 3. The fraction of sp³-hybridized carbons (Fsp3) is 0.524. The Labute approximate surface area is 317 Å². The highest BCUT2D eigenvalue weighted by atomic mass is 16.2. The molecule has 4 aromatic rings. The van der Waals surface area contributed by atoms with Crippen molar-refractivity contribution < 1.29 is 14.4 Å². The predicted molar refractivity (Wildman–Crippen MR) is 210 cm³/mol. The molecule has 12 heteroatoms. The van der Waals surface area contributed by atoms with E-state index in [1.165, 1.54) is 50.8 Å². The quantitative estimate of drug-likeness (QED) is 0.183. The second kappa shape index (κ2) is 15.9. The van der Waals surface area contributed by atoms with Gasteiger partial charge in [0.1, 0.15) is 17.2 Å². The van der Waals surface area contributed by atoms with E-state index in [1.807, 2.05) is 18.3 Å². The van der Waals surface area contributed by atoms with E-state index in [4.69, 9.17) is 9.97 Å². The third kappa shape index (κ3) is 7.85. The Balaban J connectivity index is 0.799. The number of benzene rings is 1. The van der Waals surface area contributed by atoms with Gasteiger partial charge in [0.15, 0.2) is 0 Å². The number of hydrogen-bond donors (Lipinski definition) is 2. The van der Waals surface area contributed by atoms with Crippen LogP contribution in [0.4, 0.5) is 17.5 Å². The summed E-state index contributed by atoms with van der Waals surface area (Å²) < 4.78 is 2.13. The second-order valence-electron chi connectivity index (χ2n) is 16.0. The van der Waals surface area contributed by atoms with Gasteiger partial charge in [-0.05, 0) is 106 Å². The highest BCUT2D eigenvalue weighted by Gasteiger charge is 2.30. The number of amides is 3. The van der Waals surface area contributed by atoms with Crippen LogP contribution in [0.2, 0.25) is 0 Å². The molecule has 3 saturated heterocycles. The first-order chi connectivity index (χ1) is 26.3. The zero-order valence-electron chi connectivity index (χ0n) is 31.7. The molecule has 2 N–H and O–H groups in total. The van der Waals surface area contributed by atoms with Crippen LogP contribution in [0.25, 0.3) is 11.0 Å². The molecule has 0 bridgehead atoms. The van der Waals surface area contributed by atoms with Crippen molar-refractivity contribution in [2.24, 2.45) is 5.92 Å². The van der Waals surface area contributed by atoms with Gasteiger partial charge in [-0.1, -0.05) is 37.1 Å². The van der Waals surface area contributed by atoms with Crippen molar-refractivity contribution >= 4 is 46.2 Å². The number of piperidine rings is 3. The van der Waals surface area contributed by atoms with E-state index < -0.39 is 0 Å². The van der Waals surface area contributed by atoms with E-state index in [-0.39, 0.29) is 29.7 Å². The molecule has 12 nitrogen and oxygen atoms in total. The lowest BCUT2D eigenvalue weighted by Gasteiger charge is -2.42. The predicted octanol–water partition coefficient (Wildman–Crippen LogP) is 6.22. The zero-order valence-corrected chi connectivity index (χ0v) is 31.7. The Morgan fingerprint density at radius 1 is 0.870 bits per heavy atom. The van der Waals surface area contributed by atoms with E-state index in [2.05, 4.69) is 60.3 Å². The van der Waals surface area contributed by atoms with Crippen molar-refractivity contribution in [3.05, 3.63) is 71.7 Å². The molecule has 284 valence electrons. The number of pyridine rings is 1. The van der Waals surface area contributed by atoms with Crippen molar-refractivity contribution in [2.45, 2.75) is 95.1 Å². The molecule has 4 aliphatic rings. The first-order valence-corrected chi connectivity index (χ1v) is 20.0. The van der Waals surface area contributed by atoms with Gasteiger partial charge in [0.05, 0.1) is 17.8 Å². The average molecular weight is 732 g/mol. The third-order valence-corrected chi connectivity index (χ3v) is 12.3. The van der Waals surface area contributed by atoms with Gasteiger partial charge in [-0.3, -0.25) is 19.7 Å². The van der Waals surface area contributed by atoms with Crippen molar-refractivity contribution in [2.75, 3.05) is 50.5 Å². The van der Waals surface area contributed by atoms with Crippen LogP contribution in [0.5, 0.6) is 0 Å². The van der Waals surface area contributed by atoms with Crippen LogP contribution in [0.3, 0.4) is 0 Å². The zero-order chi connectivity index (χ0) is 37.2. The van der Waals surface area contributed by atoms with Gasteiger partial charge in [-0.2, -0.15) is 4.98 Å². The summed E-state index contributed by atoms with van der Waals surface area (Å²) in [4.78, 5) is 57.8. The van der Waals surface area contributed by atoms with E-state index >= 15 is 0 Å². The molecule has 3 aliphatic heterocycles. The van der Waals surface area contributed by atoms with Gasteiger partial charge in [-0.15, -0.1) is 0 Å². The maximum atomic E-state index is 13.1. The largest absolute Gasteiger partial charge is 0.370 e. The van der Waals surface area contributed by atoms with Gasteiger partial charge in [-0.25, -0.2) is 9.97 Å². The number of nitrogens with zero attached hydrogens (tertiary/aromatic N) is 7. The summed E-state index contributed by atoms with van der Waals surface area (Å²) in [6.45, 7) is 4.41. The Morgan fingerprint density at radius 2 is 1.63 bits per heavy atom. The van der Waals surface area contributed by atoms with Crippen molar-refractivity contribution in [3.63, 3.8) is 0 Å². The van der Waals surface area contributed by atoms with Crippen LogP contribution in [-0.4, -0.2) is 93.4 Å². The SMILES string of the molecule is CN(C)C(=O)c1cc2cnc(Nc3ccc(N4CCC(N5CCC(CCc6ccc(C7CCC(=O)NC7=O)cc6)CC5)CC4)cn3)nc2n1C1CCCC1. The van der Waals surface area contributed by atoms with Crippen LogP contribution in [0.1, 0.15) is 104 Å². The van der Waals surface area contributed by atoms with Gasteiger partial charge < -0.3 is 24.6 Å². The molecule has 1 aromatic carbocycles. The topological polar surface area (TPSA) is 129 Å². The van der Waals surface area contributed by atoms with E-state index in [9.17, 15) is 14.4 Å². The smallest absolute Gasteiger partial charge is 0.270 e. The lowest BCUT2D eigenvalue weighted by atomic mass is 9.87. The van der Waals surface area contributed by atoms with Gasteiger partial charge in [0, 0.05) is 57.3 Å². The molecule has 0 radical (unpaired) electrons. The summed E-state index contributed by atoms with van der Waals surface area (Å²) in [5, 5.41) is 6.65. The first kappa shape index (κ1) is 36.2. The average Bonchev–Trinajstić information content (AvgIpc) is 3.86. The van der Waals surface area contributed by atoms with Crippen LogP contribution >= 0.6 is 0 Å². The highest BCUT2D eigenvalue weighted by molar-refractivity contribution is 6.01. The summed E-state index contributed by atoms with van der Waals surface area (Å²) in [7, 11) is 3.58. The number of anilines is 3. The number of hydrogen-bond acceptors (Lipinski definition) is 9. The molecule has 8 rings (SSSR count). The van der Waals surface area contributed by atoms with Crippen LogP contribution in [0, 0.1) is 5.92 Å². The number of aromatic nitrogens is 4. The first-order valence-electron chi connectivity index (χ1n) is 20.0. The molecule has 1 saturated carbocycles. The molecule has 3 aromatic heterocycles. The van der Waals surface area contributed by atoms with Crippen LogP contribution < -0.4 is 15.5 Å². The lowest BCUT2D eigenvalue weighted by molar-refractivity contribution is -0.134. The highest BCUT2D eigenvalue weighted by Crippen LogP contribution is 2.35. The van der Waals surface area contributed by atoms with Crippen molar-refractivity contribution in [1.29, 1.82) is 0 Å². The standard InChI is InChI=1S/C42H53N9O3/c1-48(2)41(54)36-25-31-26-44-42(47-39(31)51(36)33-5-3-4-6-33)45-37-15-13-34(27-43-37)50-23-19-32(20-24-50)49-21-17-29(18-22-49)8-7-28-9-11-30(12-10-28)35-14-16-38(52)46-40(35)53/h9-13,15,25-27,29,32-33,35H,3-8,14,16-24H2,1-2H3,(H,46,52,53)(H,43,44,45,47). The molecule has 1 unspecified atom stereocenters. The number of fused-ring (bicyclic) bond motifs is 1. The summed E-state index contributed by atoms with van der Waals surface area (Å²) in [5.74, 6) is 1.37. The Kier molecular flexibility index (Phi) is 10.6. The fourth-order valence-corrected chi connectivity index (χ4v) is 9.15. The number of rotatable bonds is 10. The molecule has 54 heavy (non-hydrogen) atoms. The van der Waals surface area contributed by atoms with Gasteiger partial charge in [0.25, 0.3) is 5.91 Å². The summed E-state index contributed by atoms with van der Waals surface area (Å²) in [5.41, 5.74) is 4.94. The number of carbonyl (C=O) groups excluding carboxylic acids is 3. The summed E-state index contributed by atoms with van der Waals surface area (Å²) >= 11 is 0. The molecule has 4 fully saturated rings. The van der Waals surface area contributed by atoms with Crippen molar-refractivity contribution in [1.82, 2.24) is 34.6 Å². The number of aryl methyl sites for hydroxylation is 1. The molecular weight excluding hydrogens is 679 g/mol. The minimum absolute atomic E-state index is 0.0125. The monoisotopic (exact) mass is 731 g/mol. The normalized spacial score (nSPS) is 20.8. The fourth-order valence-electron chi connectivity index (χ4n) is 9.15. The minimum atomic E-state index is -0.214. The van der Waals surface area contributed by atoms with Crippen molar-refractivity contribution in [3.8, 4) is 0 Å². The molecule has 3 amide bonds. The molecule has 0 spiro atoms. The lowest BCUT2D eigenvalue weighted by Crippen LogP contribution is -2.47. The maximum absolute atomic E-state index is 13.1.